The molecule has 0 saturated heterocycles. The third kappa shape index (κ3) is 4.46. The number of nitrogens with one attached hydrogen (secondary N) is 2. The van der Waals surface area contributed by atoms with Crippen LogP contribution in [0.3, 0.4) is 0 Å². The first-order valence-electron chi connectivity index (χ1n) is 5.83. The van der Waals surface area contributed by atoms with E-state index in [0.717, 1.165) is 12.8 Å². The van der Waals surface area contributed by atoms with E-state index in [0.29, 0.717) is 12.2 Å². The van der Waals surface area contributed by atoms with Gasteiger partial charge in [-0.05, 0) is 30.7 Å². The summed E-state index contributed by atoms with van der Waals surface area (Å²) < 4.78 is 26.2. The van der Waals surface area contributed by atoms with Gasteiger partial charge in [-0.25, -0.2) is 13.1 Å². The summed E-state index contributed by atoms with van der Waals surface area (Å²) in [5, 5.41) is 2.58. The molecular formula is C12H18N2O3S. The normalized spacial score (nSPS) is 11.2. The number of rotatable bonds is 6. The lowest BCUT2D eigenvalue weighted by atomic mass is 10.3. The van der Waals surface area contributed by atoms with Crippen LogP contribution in [0.2, 0.25) is 0 Å². The zero-order valence-corrected chi connectivity index (χ0v) is 11.4. The van der Waals surface area contributed by atoms with E-state index < -0.39 is 10.0 Å². The lowest BCUT2D eigenvalue weighted by Crippen LogP contribution is -2.24. The van der Waals surface area contributed by atoms with Gasteiger partial charge in [0.05, 0.1) is 4.90 Å². The Labute approximate surface area is 108 Å². The summed E-state index contributed by atoms with van der Waals surface area (Å²) in [6, 6.07) is 6.07. The predicted octanol–water partition coefficient (Wildman–Crippen LogP) is 1.72. The van der Waals surface area contributed by atoms with Crippen molar-refractivity contribution in [2.24, 2.45) is 0 Å². The van der Waals surface area contributed by atoms with Gasteiger partial charge in [0.1, 0.15) is 0 Å². The number of anilines is 1. The third-order valence-corrected chi connectivity index (χ3v) is 3.78. The molecule has 0 atom stereocenters. The quantitative estimate of drug-likeness (QED) is 0.773. The maximum atomic E-state index is 11.8. The Balaban J connectivity index is 2.74. The number of unbranched alkanes of at least 4 members (excludes halogenated alkanes) is 1. The van der Waals surface area contributed by atoms with E-state index in [1.807, 2.05) is 6.92 Å². The lowest BCUT2D eigenvalue weighted by Gasteiger charge is -2.07. The number of hydrogen-bond acceptors (Lipinski definition) is 3. The van der Waals surface area contributed by atoms with Gasteiger partial charge in [0, 0.05) is 19.2 Å². The highest BCUT2D eigenvalue weighted by Crippen LogP contribution is 2.13. The summed E-state index contributed by atoms with van der Waals surface area (Å²) in [4.78, 5) is 11.0. The monoisotopic (exact) mass is 270 g/mol. The van der Waals surface area contributed by atoms with Gasteiger partial charge in [-0.2, -0.15) is 0 Å². The largest absolute Gasteiger partial charge is 0.326 e. The van der Waals surface area contributed by atoms with Crippen LogP contribution in [0.4, 0.5) is 5.69 Å². The van der Waals surface area contributed by atoms with Gasteiger partial charge in [0.2, 0.25) is 15.9 Å². The molecule has 2 N–H and O–H groups in total. The van der Waals surface area contributed by atoms with E-state index in [9.17, 15) is 13.2 Å². The van der Waals surface area contributed by atoms with Gasteiger partial charge in [0.25, 0.3) is 0 Å². The molecule has 5 nitrogen and oxygen atoms in total. The Morgan fingerprint density at radius 3 is 2.33 bits per heavy atom. The molecule has 1 aromatic rings. The summed E-state index contributed by atoms with van der Waals surface area (Å²) in [6.45, 7) is 3.83. The number of benzene rings is 1. The fourth-order valence-electron chi connectivity index (χ4n) is 1.39. The first-order valence-corrected chi connectivity index (χ1v) is 7.31. The fraction of sp³-hybridized carbons (Fsp3) is 0.417. The first kappa shape index (κ1) is 14.7. The summed E-state index contributed by atoms with van der Waals surface area (Å²) in [5.41, 5.74) is 0.579. The first-order chi connectivity index (χ1) is 8.45. The van der Waals surface area contributed by atoms with Crippen LogP contribution in [0.25, 0.3) is 0 Å². The standard InChI is InChI=1S/C12H18N2O3S/c1-3-4-9-13-18(16,17)12-7-5-11(6-8-12)14-10(2)15/h5-8,13H,3-4,9H2,1-2H3,(H,14,15). The maximum absolute atomic E-state index is 11.8. The zero-order valence-electron chi connectivity index (χ0n) is 10.6. The van der Waals surface area contributed by atoms with Crippen molar-refractivity contribution in [3.63, 3.8) is 0 Å². The van der Waals surface area contributed by atoms with Crippen molar-refractivity contribution in [1.29, 1.82) is 0 Å². The van der Waals surface area contributed by atoms with Crippen LogP contribution in [-0.2, 0) is 14.8 Å². The predicted molar refractivity (Wildman–Crippen MR) is 70.8 cm³/mol. The molecule has 0 fully saturated rings. The van der Waals surface area contributed by atoms with Crippen molar-refractivity contribution >= 4 is 21.6 Å². The number of hydrogen-bond donors (Lipinski definition) is 2. The molecule has 6 heteroatoms. The second kappa shape index (κ2) is 6.51. The van der Waals surface area contributed by atoms with Gasteiger partial charge in [-0.15, -0.1) is 0 Å². The molecule has 0 heterocycles. The molecule has 100 valence electrons. The highest BCUT2D eigenvalue weighted by molar-refractivity contribution is 7.89. The molecule has 1 aromatic carbocycles. The Morgan fingerprint density at radius 2 is 1.83 bits per heavy atom. The minimum Gasteiger partial charge on any atom is -0.326 e. The van der Waals surface area contributed by atoms with Gasteiger partial charge in [-0.3, -0.25) is 4.79 Å². The average Bonchev–Trinajstić information content (AvgIpc) is 2.29. The zero-order chi connectivity index (χ0) is 13.6. The van der Waals surface area contributed by atoms with E-state index in [2.05, 4.69) is 10.0 Å². The van der Waals surface area contributed by atoms with E-state index in [-0.39, 0.29) is 10.8 Å². The third-order valence-electron chi connectivity index (χ3n) is 2.31. The molecule has 0 radical (unpaired) electrons. The Kier molecular flexibility index (Phi) is 5.30. The number of carbonyl (C=O) groups is 1. The molecule has 0 bridgehead atoms. The number of sulfonamides is 1. The van der Waals surface area contributed by atoms with Gasteiger partial charge in [0.15, 0.2) is 0 Å². The van der Waals surface area contributed by atoms with Crippen LogP contribution in [0.1, 0.15) is 26.7 Å². The molecule has 0 unspecified atom stereocenters. The Hall–Kier alpha value is -1.40. The molecule has 0 aliphatic heterocycles. The molecule has 1 amide bonds. The van der Waals surface area contributed by atoms with Crippen molar-refractivity contribution in [2.75, 3.05) is 11.9 Å². The van der Waals surface area contributed by atoms with Crippen molar-refractivity contribution in [2.45, 2.75) is 31.6 Å². The van der Waals surface area contributed by atoms with E-state index >= 15 is 0 Å². The SMILES string of the molecule is CCCCNS(=O)(=O)c1ccc(NC(C)=O)cc1. The van der Waals surface area contributed by atoms with Crippen LogP contribution in [0.5, 0.6) is 0 Å². The fourth-order valence-corrected chi connectivity index (χ4v) is 2.46. The van der Waals surface area contributed by atoms with Crippen LogP contribution in [0.15, 0.2) is 29.2 Å². The van der Waals surface area contributed by atoms with Crippen molar-refractivity contribution < 1.29 is 13.2 Å². The van der Waals surface area contributed by atoms with Crippen molar-refractivity contribution in [3.05, 3.63) is 24.3 Å². The Morgan fingerprint density at radius 1 is 1.22 bits per heavy atom. The Bertz CT molecular complexity index is 495. The van der Waals surface area contributed by atoms with Crippen LogP contribution in [0, 0.1) is 0 Å². The van der Waals surface area contributed by atoms with Crippen LogP contribution >= 0.6 is 0 Å². The second-order valence-electron chi connectivity index (χ2n) is 3.96. The van der Waals surface area contributed by atoms with E-state index in [1.165, 1.54) is 19.1 Å². The smallest absolute Gasteiger partial charge is 0.240 e. The minimum absolute atomic E-state index is 0.188. The van der Waals surface area contributed by atoms with Crippen molar-refractivity contribution in [3.8, 4) is 0 Å². The summed E-state index contributed by atoms with van der Waals surface area (Å²) in [7, 11) is -3.44. The van der Waals surface area contributed by atoms with E-state index in [1.54, 1.807) is 12.1 Å². The van der Waals surface area contributed by atoms with Gasteiger partial charge >= 0.3 is 0 Å². The lowest BCUT2D eigenvalue weighted by molar-refractivity contribution is -0.114. The molecule has 0 aliphatic rings. The minimum atomic E-state index is -3.44. The van der Waals surface area contributed by atoms with Crippen molar-refractivity contribution in [1.82, 2.24) is 4.72 Å². The average molecular weight is 270 g/mol. The summed E-state index contributed by atoms with van der Waals surface area (Å²) in [6.07, 6.45) is 1.74. The van der Waals surface area contributed by atoms with Crippen LogP contribution < -0.4 is 10.0 Å². The highest BCUT2D eigenvalue weighted by atomic mass is 32.2. The van der Waals surface area contributed by atoms with Gasteiger partial charge in [-0.1, -0.05) is 13.3 Å². The highest BCUT2D eigenvalue weighted by Gasteiger charge is 2.12. The molecular weight excluding hydrogens is 252 g/mol. The summed E-state index contributed by atoms with van der Waals surface area (Å²) >= 11 is 0. The summed E-state index contributed by atoms with van der Waals surface area (Å²) in [5.74, 6) is -0.188. The topological polar surface area (TPSA) is 75.3 Å². The van der Waals surface area contributed by atoms with E-state index in [4.69, 9.17) is 0 Å². The maximum Gasteiger partial charge on any atom is 0.240 e. The molecule has 0 aromatic heterocycles. The number of amides is 1. The molecule has 1 rings (SSSR count). The molecule has 0 saturated carbocycles. The van der Waals surface area contributed by atoms with Gasteiger partial charge < -0.3 is 5.32 Å². The molecule has 18 heavy (non-hydrogen) atoms. The molecule has 0 spiro atoms. The number of carbonyl (C=O) groups excluding carboxylic acids is 1. The van der Waals surface area contributed by atoms with Crippen LogP contribution in [-0.4, -0.2) is 20.9 Å². The molecule has 0 aliphatic carbocycles. The second-order valence-corrected chi connectivity index (χ2v) is 5.72.